The smallest absolute Gasteiger partial charge is 0.338 e. The quantitative estimate of drug-likeness (QED) is 0.290. The van der Waals surface area contributed by atoms with E-state index in [9.17, 15) is 18.8 Å². The summed E-state index contributed by atoms with van der Waals surface area (Å²) in [5.74, 6) is -6.69. The standard InChI is InChI=1S/C31H28F2N2O5S/c1-3-39-30(37)25-20(23-13-8-14-41-23)16-22-26(28(25)36)24(19-11-5-6-12-21(19)33)27(31(38)40-4-2)29(34)35(22)18-10-7-9-17(32)15-18/h5-15,20,24-25H,3-4,16,34H2,1-2H3. The summed E-state index contributed by atoms with van der Waals surface area (Å²) in [5, 5.41) is 1.84. The summed E-state index contributed by atoms with van der Waals surface area (Å²) in [6, 6.07) is 15.0. The number of nitrogens with two attached hydrogens (primary N) is 1. The largest absolute Gasteiger partial charge is 0.465 e. The van der Waals surface area contributed by atoms with Gasteiger partial charge in [0.15, 0.2) is 5.78 Å². The SMILES string of the molecule is CCOC(=O)C1=C(N)N(c2cccc(F)c2)C2=C(C(=O)C(C(=O)OCC)C(c3cccs3)C2)C1c1ccccc1F. The normalized spacial score (nSPS) is 20.6. The Kier molecular flexibility index (Phi) is 8.03. The maximum Gasteiger partial charge on any atom is 0.338 e. The number of esters is 2. The van der Waals surface area contributed by atoms with Crippen LogP contribution in [0.25, 0.3) is 0 Å². The molecular weight excluding hydrogens is 550 g/mol. The molecular formula is C31H28F2N2O5S. The maximum atomic E-state index is 15.5. The van der Waals surface area contributed by atoms with Crippen molar-refractivity contribution >= 4 is 34.7 Å². The molecule has 7 nitrogen and oxygen atoms in total. The van der Waals surface area contributed by atoms with Crippen LogP contribution in [0.4, 0.5) is 14.5 Å². The minimum Gasteiger partial charge on any atom is -0.465 e. The number of carbonyl (C=O) groups is 3. The molecule has 10 heteroatoms. The lowest BCUT2D eigenvalue weighted by atomic mass is 9.68. The third-order valence-corrected chi connectivity index (χ3v) is 8.27. The molecule has 3 atom stereocenters. The highest BCUT2D eigenvalue weighted by molar-refractivity contribution is 7.10. The van der Waals surface area contributed by atoms with Crippen LogP contribution in [0.15, 0.2) is 88.7 Å². The minimum atomic E-state index is -1.27. The Hall–Kier alpha value is -4.31. The predicted octanol–water partition coefficient (Wildman–Crippen LogP) is 5.55. The average molecular weight is 579 g/mol. The van der Waals surface area contributed by atoms with Gasteiger partial charge in [0.1, 0.15) is 23.4 Å². The Morgan fingerprint density at radius 2 is 1.78 bits per heavy atom. The number of rotatable bonds is 7. The molecule has 41 heavy (non-hydrogen) atoms. The monoisotopic (exact) mass is 578 g/mol. The first-order chi connectivity index (χ1) is 19.8. The van der Waals surface area contributed by atoms with E-state index in [1.165, 1.54) is 52.6 Å². The van der Waals surface area contributed by atoms with Crippen molar-refractivity contribution in [1.29, 1.82) is 0 Å². The van der Waals surface area contributed by atoms with Gasteiger partial charge in [0.2, 0.25) is 0 Å². The molecule has 212 valence electrons. The molecule has 0 spiro atoms. The summed E-state index contributed by atoms with van der Waals surface area (Å²) in [7, 11) is 0. The van der Waals surface area contributed by atoms with E-state index in [4.69, 9.17) is 15.2 Å². The molecule has 2 N–H and O–H groups in total. The second-order valence-electron chi connectivity index (χ2n) is 9.57. The third-order valence-electron chi connectivity index (χ3n) is 7.27. The Balaban J connectivity index is 1.83. The maximum absolute atomic E-state index is 15.5. The molecule has 5 rings (SSSR count). The van der Waals surface area contributed by atoms with Gasteiger partial charge in [-0.05, 0) is 56.0 Å². The summed E-state index contributed by atoms with van der Waals surface area (Å²) in [6.07, 6.45) is 0.114. The lowest BCUT2D eigenvalue weighted by Crippen LogP contribution is -2.46. The van der Waals surface area contributed by atoms with Crippen molar-refractivity contribution in [2.75, 3.05) is 18.1 Å². The number of carbonyl (C=O) groups excluding carboxylic acids is 3. The second-order valence-corrected chi connectivity index (χ2v) is 10.5. The van der Waals surface area contributed by atoms with Gasteiger partial charge in [-0.2, -0.15) is 0 Å². The second kappa shape index (κ2) is 11.7. The summed E-state index contributed by atoms with van der Waals surface area (Å²) >= 11 is 1.38. The van der Waals surface area contributed by atoms with Gasteiger partial charge in [0.05, 0.1) is 30.4 Å². The number of Topliss-reactive ketones (excluding diaryl/α,β-unsaturated/α-hetero) is 1. The molecule has 1 aliphatic carbocycles. The first kappa shape index (κ1) is 28.2. The van der Waals surface area contributed by atoms with E-state index >= 15 is 4.39 Å². The Morgan fingerprint density at radius 1 is 1.02 bits per heavy atom. The van der Waals surface area contributed by atoms with Crippen LogP contribution in [0, 0.1) is 17.6 Å². The molecule has 2 aliphatic rings. The van der Waals surface area contributed by atoms with E-state index in [0.717, 1.165) is 4.88 Å². The minimum absolute atomic E-state index is 0.00861. The number of hydrogen-bond acceptors (Lipinski definition) is 8. The number of nitrogens with zero attached hydrogens (tertiary/aromatic N) is 1. The zero-order valence-electron chi connectivity index (χ0n) is 22.4. The number of allylic oxidation sites excluding steroid dienone is 2. The zero-order chi connectivity index (χ0) is 29.3. The molecule has 0 radical (unpaired) electrons. The van der Waals surface area contributed by atoms with Crippen molar-refractivity contribution in [2.24, 2.45) is 11.7 Å². The Bertz CT molecular complexity index is 1570. The van der Waals surface area contributed by atoms with Gasteiger partial charge < -0.3 is 15.2 Å². The zero-order valence-corrected chi connectivity index (χ0v) is 23.3. The molecule has 0 saturated carbocycles. The summed E-state index contributed by atoms with van der Waals surface area (Å²) < 4.78 is 40.6. The van der Waals surface area contributed by atoms with Gasteiger partial charge in [-0.15, -0.1) is 11.3 Å². The van der Waals surface area contributed by atoms with Crippen molar-refractivity contribution in [3.05, 3.63) is 111 Å². The lowest BCUT2D eigenvalue weighted by Gasteiger charge is -2.43. The molecule has 1 aromatic heterocycles. The average Bonchev–Trinajstić information content (AvgIpc) is 3.48. The first-order valence-electron chi connectivity index (χ1n) is 13.2. The molecule has 0 amide bonds. The summed E-state index contributed by atoms with van der Waals surface area (Å²) in [5.41, 5.74) is 7.17. The van der Waals surface area contributed by atoms with Crippen LogP contribution in [0.1, 0.15) is 42.5 Å². The van der Waals surface area contributed by atoms with E-state index in [0.29, 0.717) is 5.70 Å². The lowest BCUT2D eigenvalue weighted by molar-refractivity contribution is -0.152. The van der Waals surface area contributed by atoms with E-state index in [1.54, 1.807) is 26.0 Å². The van der Waals surface area contributed by atoms with Crippen LogP contribution >= 0.6 is 11.3 Å². The summed E-state index contributed by atoms with van der Waals surface area (Å²) in [4.78, 5) is 43.6. The fraction of sp³-hybridized carbons (Fsp3) is 0.258. The molecule has 2 heterocycles. The van der Waals surface area contributed by atoms with Gasteiger partial charge in [-0.25, -0.2) is 13.6 Å². The molecule has 1 aliphatic heterocycles. The number of hydrogen-bond donors (Lipinski definition) is 1. The molecule has 3 aromatic rings. The highest BCUT2D eigenvalue weighted by Gasteiger charge is 2.52. The molecule has 0 saturated heterocycles. The fourth-order valence-corrected chi connectivity index (χ4v) is 6.50. The van der Waals surface area contributed by atoms with Crippen LogP contribution in [0.3, 0.4) is 0 Å². The van der Waals surface area contributed by atoms with Crippen LogP contribution in [0.2, 0.25) is 0 Å². The fourth-order valence-electron chi connectivity index (χ4n) is 5.64. The van der Waals surface area contributed by atoms with Crippen LogP contribution in [-0.2, 0) is 23.9 Å². The van der Waals surface area contributed by atoms with E-state index < -0.39 is 47.1 Å². The molecule has 0 bridgehead atoms. The Labute approximate surface area is 239 Å². The van der Waals surface area contributed by atoms with Gasteiger partial charge in [0.25, 0.3) is 0 Å². The first-order valence-corrected chi connectivity index (χ1v) is 14.1. The predicted molar refractivity (Wildman–Crippen MR) is 150 cm³/mol. The van der Waals surface area contributed by atoms with Gasteiger partial charge in [0, 0.05) is 27.6 Å². The van der Waals surface area contributed by atoms with E-state index in [2.05, 4.69) is 0 Å². The van der Waals surface area contributed by atoms with Crippen LogP contribution in [0.5, 0.6) is 0 Å². The van der Waals surface area contributed by atoms with Gasteiger partial charge in [-0.1, -0.05) is 30.3 Å². The Morgan fingerprint density at radius 3 is 2.44 bits per heavy atom. The van der Waals surface area contributed by atoms with Crippen molar-refractivity contribution in [2.45, 2.75) is 32.1 Å². The number of thiophene rings is 1. The van der Waals surface area contributed by atoms with Crippen LogP contribution in [-0.4, -0.2) is 30.9 Å². The number of ketones is 1. The topological polar surface area (TPSA) is 98.9 Å². The van der Waals surface area contributed by atoms with E-state index in [-0.39, 0.29) is 47.9 Å². The van der Waals surface area contributed by atoms with Gasteiger partial charge in [-0.3, -0.25) is 14.5 Å². The molecule has 0 fully saturated rings. The van der Waals surface area contributed by atoms with Crippen LogP contribution < -0.4 is 10.6 Å². The number of benzene rings is 2. The molecule has 3 unspecified atom stereocenters. The number of halogens is 2. The van der Waals surface area contributed by atoms with Crippen molar-refractivity contribution in [3.8, 4) is 0 Å². The number of ether oxygens (including phenoxy) is 2. The number of anilines is 1. The summed E-state index contributed by atoms with van der Waals surface area (Å²) in [6.45, 7) is 3.30. The van der Waals surface area contributed by atoms with Crippen molar-refractivity contribution < 1.29 is 32.6 Å². The van der Waals surface area contributed by atoms with Crippen molar-refractivity contribution in [3.63, 3.8) is 0 Å². The highest BCUT2D eigenvalue weighted by atomic mass is 32.1. The van der Waals surface area contributed by atoms with Gasteiger partial charge >= 0.3 is 11.9 Å². The highest BCUT2D eigenvalue weighted by Crippen LogP contribution is 2.52. The van der Waals surface area contributed by atoms with Crippen molar-refractivity contribution in [1.82, 2.24) is 0 Å². The third kappa shape index (κ3) is 5.04. The molecule has 2 aromatic carbocycles. The van der Waals surface area contributed by atoms with E-state index in [1.807, 2.05) is 17.5 Å².